The third-order valence-electron chi connectivity index (χ3n) is 5.05. The van der Waals surface area contributed by atoms with E-state index < -0.39 is 0 Å². The molecule has 1 amide bonds. The molecule has 3 aromatic rings. The molecule has 2 aromatic carbocycles. The lowest BCUT2D eigenvalue weighted by Gasteiger charge is -2.15. The van der Waals surface area contributed by atoms with Crippen molar-refractivity contribution < 1.29 is 23.8 Å². The average Bonchev–Trinajstić information content (AvgIpc) is 3.27. The Kier molecular flexibility index (Phi) is 5.12. The van der Waals surface area contributed by atoms with E-state index in [0.717, 1.165) is 25.9 Å². The lowest BCUT2D eigenvalue weighted by atomic mass is 10.0. The van der Waals surface area contributed by atoms with E-state index >= 15 is 0 Å². The summed E-state index contributed by atoms with van der Waals surface area (Å²) in [6, 6.07) is 9.81. The first kappa shape index (κ1) is 18.9. The minimum Gasteiger partial charge on any atom is -0.507 e. The van der Waals surface area contributed by atoms with Crippen molar-refractivity contribution in [2.24, 2.45) is 0 Å². The molecule has 1 aromatic heterocycles. The number of phenolic OH excluding ortho intramolecular Hbond substituents is 1. The summed E-state index contributed by atoms with van der Waals surface area (Å²) < 4.78 is 16.2. The van der Waals surface area contributed by atoms with Gasteiger partial charge in [0, 0.05) is 25.2 Å². The van der Waals surface area contributed by atoms with Gasteiger partial charge in [-0.2, -0.15) is 0 Å². The van der Waals surface area contributed by atoms with Gasteiger partial charge >= 0.3 is 0 Å². The fourth-order valence-corrected chi connectivity index (χ4v) is 3.46. The molecular formula is C22H21NO6. The summed E-state index contributed by atoms with van der Waals surface area (Å²) in [4.78, 5) is 26.8. The Morgan fingerprint density at radius 3 is 2.55 bits per heavy atom. The van der Waals surface area contributed by atoms with Gasteiger partial charge in [0.2, 0.25) is 5.43 Å². The number of hydrogen-bond donors (Lipinski definition) is 1. The quantitative estimate of drug-likeness (QED) is 0.714. The number of amides is 1. The summed E-state index contributed by atoms with van der Waals surface area (Å²) in [6.45, 7) is 1.36. The summed E-state index contributed by atoms with van der Waals surface area (Å²) in [5.74, 6) is 0.587. The standard InChI is InChI=1S/C22H21NO6/c1-27-15-6-4-14(5-7-15)17-12-29-19-11-16(10-18(24)21(19)22(17)26)28-13-20(25)23-8-2-3-9-23/h4-7,10-12,24H,2-3,8-9,13H2,1H3. The van der Waals surface area contributed by atoms with Crippen LogP contribution in [0.2, 0.25) is 0 Å². The summed E-state index contributed by atoms with van der Waals surface area (Å²) in [7, 11) is 1.57. The van der Waals surface area contributed by atoms with Crippen LogP contribution in [0.25, 0.3) is 22.1 Å². The van der Waals surface area contributed by atoms with E-state index in [2.05, 4.69) is 0 Å². The molecule has 4 rings (SSSR count). The number of benzene rings is 2. The van der Waals surface area contributed by atoms with Gasteiger partial charge in [-0.1, -0.05) is 12.1 Å². The average molecular weight is 395 g/mol. The first-order valence-corrected chi connectivity index (χ1v) is 9.40. The van der Waals surface area contributed by atoms with Crippen LogP contribution in [0.15, 0.2) is 51.9 Å². The Balaban J connectivity index is 1.61. The van der Waals surface area contributed by atoms with Crippen LogP contribution in [0.4, 0.5) is 0 Å². The minimum absolute atomic E-state index is 0.0662. The maximum Gasteiger partial charge on any atom is 0.260 e. The number of fused-ring (bicyclic) bond motifs is 1. The van der Waals surface area contributed by atoms with Crippen molar-refractivity contribution in [2.45, 2.75) is 12.8 Å². The number of hydrogen-bond acceptors (Lipinski definition) is 6. The number of aromatic hydroxyl groups is 1. The Labute approximate surface area is 167 Å². The first-order chi connectivity index (χ1) is 14.1. The molecule has 0 bridgehead atoms. The van der Waals surface area contributed by atoms with Crippen molar-refractivity contribution >= 4 is 16.9 Å². The van der Waals surface area contributed by atoms with Gasteiger partial charge in [-0.15, -0.1) is 0 Å². The fourth-order valence-electron chi connectivity index (χ4n) is 3.46. The third-order valence-corrected chi connectivity index (χ3v) is 5.05. The molecule has 0 aliphatic carbocycles. The summed E-state index contributed by atoms with van der Waals surface area (Å²) in [5.41, 5.74) is 0.815. The zero-order valence-corrected chi connectivity index (χ0v) is 16.0. The van der Waals surface area contributed by atoms with Crippen molar-refractivity contribution in [2.75, 3.05) is 26.8 Å². The van der Waals surface area contributed by atoms with Crippen LogP contribution in [-0.4, -0.2) is 42.7 Å². The SMILES string of the molecule is COc1ccc(-c2coc3cc(OCC(=O)N4CCCC4)cc(O)c3c2=O)cc1. The normalized spacial score (nSPS) is 13.6. The van der Waals surface area contributed by atoms with Crippen LogP contribution in [-0.2, 0) is 4.79 Å². The topological polar surface area (TPSA) is 89.2 Å². The van der Waals surface area contributed by atoms with Crippen molar-refractivity contribution in [1.82, 2.24) is 4.90 Å². The van der Waals surface area contributed by atoms with Crippen LogP contribution in [0.5, 0.6) is 17.2 Å². The lowest BCUT2D eigenvalue weighted by Crippen LogP contribution is -2.32. The summed E-state index contributed by atoms with van der Waals surface area (Å²) in [6.07, 6.45) is 3.36. The maximum atomic E-state index is 12.9. The second-order valence-electron chi connectivity index (χ2n) is 6.90. The van der Waals surface area contributed by atoms with E-state index in [1.165, 1.54) is 18.4 Å². The molecular weight excluding hydrogens is 374 g/mol. The van der Waals surface area contributed by atoms with Crippen molar-refractivity contribution in [1.29, 1.82) is 0 Å². The van der Waals surface area contributed by atoms with E-state index in [9.17, 15) is 14.7 Å². The highest BCUT2D eigenvalue weighted by molar-refractivity contribution is 5.88. The molecule has 29 heavy (non-hydrogen) atoms. The molecule has 1 saturated heterocycles. The molecule has 1 fully saturated rings. The molecule has 2 heterocycles. The number of carbonyl (C=O) groups is 1. The zero-order chi connectivity index (χ0) is 20.4. The predicted octanol–water partition coefficient (Wildman–Crippen LogP) is 3.18. The van der Waals surface area contributed by atoms with Crippen molar-refractivity contribution in [3.05, 3.63) is 52.9 Å². The van der Waals surface area contributed by atoms with Gasteiger partial charge in [-0.3, -0.25) is 9.59 Å². The Bertz CT molecular complexity index is 1100. The highest BCUT2D eigenvalue weighted by Crippen LogP contribution is 2.30. The Hall–Kier alpha value is -3.48. The van der Waals surface area contributed by atoms with Gasteiger partial charge in [-0.25, -0.2) is 0 Å². The highest BCUT2D eigenvalue weighted by Gasteiger charge is 2.19. The number of rotatable bonds is 5. The Morgan fingerprint density at radius 2 is 1.86 bits per heavy atom. The molecule has 7 heteroatoms. The van der Waals surface area contributed by atoms with Crippen molar-refractivity contribution in [3.63, 3.8) is 0 Å². The molecule has 0 radical (unpaired) electrons. The van der Waals surface area contributed by atoms with E-state index in [1.807, 2.05) is 0 Å². The lowest BCUT2D eigenvalue weighted by molar-refractivity contribution is -0.132. The highest BCUT2D eigenvalue weighted by atomic mass is 16.5. The van der Waals surface area contributed by atoms with Crippen LogP contribution in [0, 0.1) is 0 Å². The smallest absolute Gasteiger partial charge is 0.260 e. The van der Waals surface area contributed by atoms with E-state index in [0.29, 0.717) is 16.9 Å². The molecule has 0 saturated carbocycles. The number of likely N-dealkylation sites (tertiary alicyclic amines) is 1. The molecule has 1 aliphatic heterocycles. The first-order valence-electron chi connectivity index (χ1n) is 9.40. The molecule has 0 spiro atoms. The summed E-state index contributed by atoms with van der Waals surface area (Å²) in [5, 5.41) is 10.5. The largest absolute Gasteiger partial charge is 0.507 e. The van der Waals surface area contributed by atoms with Crippen LogP contribution in [0.1, 0.15) is 12.8 Å². The Morgan fingerprint density at radius 1 is 1.14 bits per heavy atom. The number of carbonyl (C=O) groups excluding carboxylic acids is 1. The van der Waals surface area contributed by atoms with Crippen molar-refractivity contribution in [3.8, 4) is 28.4 Å². The molecule has 0 atom stereocenters. The van der Waals surface area contributed by atoms with E-state index in [4.69, 9.17) is 13.9 Å². The monoisotopic (exact) mass is 395 g/mol. The molecule has 1 N–H and O–H groups in total. The van der Waals surface area contributed by atoms with E-state index in [1.54, 1.807) is 36.3 Å². The van der Waals surface area contributed by atoms with Gasteiger partial charge in [0.05, 0.1) is 12.7 Å². The van der Waals surface area contributed by atoms with E-state index in [-0.39, 0.29) is 40.4 Å². The number of methoxy groups -OCH3 is 1. The van der Waals surface area contributed by atoms with Gasteiger partial charge in [0.15, 0.2) is 6.61 Å². The van der Waals surface area contributed by atoms with Crippen LogP contribution in [0.3, 0.4) is 0 Å². The summed E-state index contributed by atoms with van der Waals surface area (Å²) >= 11 is 0. The molecule has 150 valence electrons. The fraction of sp³-hybridized carbons (Fsp3) is 0.273. The predicted molar refractivity (Wildman–Crippen MR) is 107 cm³/mol. The second-order valence-corrected chi connectivity index (χ2v) is 6.90. The van der Waals surface area contributed by atoms with Gasteiger partial charge in [0.1, 0.15) is 34.5 Å². The second kappa shape index (κ2) is 7.87. The van der Waals surface area contributed by atoms with Gasteiger partial charge in [0.25, 0.3) is 5.91 Å². The van der Waals surface area contributed by atoms with Gasteiger partial charge in [-0.05, 0) is 30.5 Å². The maximum absolute atomic E-state index is 12.9. The van der Waals surface area contributed by atoms with Crippen LogP contribution < -0.4 is 14.9 Å². The number of ether oxygens (including phenoxy) is 2. The molecule has 7 nitrogen and oxygen atoms in total. The number of nitrogens with zero attached hydrogens (tertiary/aromatic N) is 1. The zero-order valence-electron chi connectivity index (χ0n) is 16.0. The van der Waals surface area contributed by atoms with Crippen LogP contribution >= 0.6 is 0 Å². The minimum atomic E-state index is -0.353. The number of phenols is 1. The molecule has 0 unspecified atom stereocenters. The molecule has 1 aliphatic rings. The third kappa shape index (κ3) is 3.76. The van der Waals surface area contributed by atoms with Gasteiger partial charge < -0.3 is 23.9 Å².